The number of allylic oxidation sites excluding steroid dienone is 8. The van der Waals surface area contributed by atoms with Gasteiger partial charge in [-0.2, -0.15) is 0 Å². The van der Waals surface area contributed by atoms with E-state index >= 15 is 0 Å². The first-order valence-electron chi connectivity index (χ1n) is 28.9. The van der Waals surface area contributed by atoms with E-state index in [0.29, 0.717) is 19.3 Å². The quantitative estimate of drug-likeness (QED) is 0.0321. The van der Waals surface area contributed by atoms with Crippen LogP contribution < -0.4 is 5.32 Å². The maximum absolute atomic E-state index is 13.2. The molecule has 6 heteroatoms. The van der Waals surface area contributed by atoms with E-state index in [1.807, 2.05) is 0 Å². The van der Waals surface area contributed by atoms with E-state index < -0.39 is 18.2 Å². The van der Waals surface area contributed by atoms with Crippen molar-refractivity contribution in [3.63, 3.8) is 0 Å². The molecule has 0 aromatic rings. The summed E-state index contributed by atoms with van der Waals surface area (Å²) in [5.41, 5.74) is 0. The topological polar surface area (TPSA) is 95.9 Å². The fourth-order valence-corrected chi connectivity index (χ4v) is 8.77. The molecule has 0 bridgehead atoms. The van der Waals surface area contributed by atoms with Crippen molar-refractivity contribution in [2.24, 2.45) is 0 Å². The molecule has 0 aliphatic carbocycles. The van der Waals surface area contributed by atoms with Crippen molar-refractivity contribution in [1.29, 1.82) is 0 Å². The highest BCUT2D eigenvalue weighted by molar-refractivity contribution is 5.77. The number of rotatable bonds is 52. The van der Waals surface area contributed by atoms with Crippen molar-refractivity contribution >= 4 is 11.9 Å². The molecule has 386 valence electrons. The fourth-order valence-electron chi connectivity index (χ4n) is 8.77. The molecule has 0 radical (unpaired) electrons. The molecule has 0 rings (SSSR count). The van der Waals surface area contributed by atoms with E-state index in [1.54, 1.807) is 0 Å². The van der Waals surface area contributed by atoms with E-state index in [9.17, 15) is 19.8 Å². The SMILES string of the molecule is CCCCCCCCC/C=C/C=C/CCCCCCCC(=O)OC(CCC/C=C/C=C/CCCCCCCCC)CC(=O)NC(CO)C(O)CCCCCCCCCCCCCCCCC. The lowest BCUT2D eigenvalue weighted by Gasteiger charge is -2.24. The van der Waals surface area contributed by atoms with Gasteiger partial charge < -0.3 is 20.3 Å². The molecular formula is C60H111NO5. The lowest BCUT2D eigenvalue weighted by atomic mass is 10.0. The molecule has 0 aromatic carbocycles. The summed E-state index contributed by atoms with van der Waals surface area (Å²) in [6.07, 6.45) is 66.1. The number of hydrogen-bond donors (Lipinski definition) is 3. The number of carbonyl (C=O) groups is 2. The van der Waals surface area contributed by atoms with Gasteiger partial charge in [-0.05, 0) is 70.6 Å². The normalized spacial score (nSPS) is 13.5. The number of aliphatic hydroxyl groups is 2. The Bertz CT molecular complexity index is 1130. The highest BCUT2D eigenvalue weighted by atomic mass is 16.5. The monoisotopic (exact) mass is 926 g/mol. The molecular weight excluding hydrogens is 815 g/mol. The number of esters is 1. The number of ether oxygens (including phenoxy) is 1. The molecule has 0 fully saturated rings. The maximum atomic E-state index is 13.2. The van der Waals surface area contributed by atoms with Gasteiger partial charge in [0.25, 0.3) is 0 Å². The van der Waals surface area contributed by atoms with Crippen LogP contribution in [0, 0.1) is 0 Å². The number of amides is 1. The minimum atomic E-state index is -0.802. The Hall–Kier alpha value is -2.18. The van der Waals surface area contributed by atoms with Crippen LogP contribution in [0.25, 0.3) is 0 Å². The molecule has 66 heavy (non-hydrogen) atoms. The molecule has 0 aliphatic heterocycles. The average molecular weight is 927 g/mol. The van der Waals surface area contributed by atoms with Crippen LogP contribution in [-0.4, -0.2) is 46.9 Å². The van der Waals surface area contributed by atoms with Gasteiger partial charge in [0.05, 0.1) is 25.2 Å². The minimum absolute atomic E-state index is 0.0395. The van der Waals surface area contributed by atoms with Crippen LogP contribution in [0.15, 0.2) is 48.6 Å². The zero-order valence-electron chi connectivity index (χ0n) is 44.1. The molecule has 3 atom stereocenters. The standard InChI is InChI=1S/C60H111NO5/c1-4-7-10-13-16-19-22-25-28-29-30-32-35-38-41-44-47-50-53-60(65)66-56(51-48-45-42-39-36-33-27-24-21-18-15-12-9-6-3)54-59(64)61-57(55-62)58(63)52-49-46-43-40-37-34-31-26-23-20-17-14-11-8-5-2/h28-30,32-33,36,39,42,56-58,62-63H,4-27,31,34-35,37-38,40-41,43-55H2,1-3H3,(H,61,64)/b29-28+,32-30+,36-33+,42-39+. The molecule has 0 saturated heterocycles. The Kier molecular flexibility index (Phi) is 52.0. The summed E-state index contributed by atoms with van der Waals surface area (Å²) < 4.78 is 5.93. The summed E-state index contributed by atoms with van der Waals surface area (Å²) in [6.45, 7) is 6.48. The van der Waals surface area contributed by atoms with Crippen molar-refractivity contribution in [3.8, 4) is 0 Å². The number of carbonyl (C=O) groups excluding carboxylic acids is 2. The van der Waals surface area contributed by atoms with Crippen molar-refractivity contribution < 1.29 is 24.5 Å². The lowest BCUT2D eigenvalue weighted by Crippen LogP contribution is -2.46. The summed E-state index contributed by atoms with van der Waals surface area (Å²) in [4.78, 5) is 26.2. The average Bonchev–Trinajstić information content (AvgIpc) is 3.31. The van der Waals surface area contributed by atoms with Gasteiger partial charge in [0, 0.05) is 6.42 Å². The van der Waals surface area contributed by atoms with E-state index in [1.165, 1.54) is 173 Å². The Balaban J connectivity index is 4.61. The van der Waals surface area contributed by atoms with Gasteiger partial charge >= 0.3 is 5.97 Å². The molecule has 3 unspecified atom stereocenters. The zero-order chi connectivity index (χ0) is 48.1. The van der Waals surface area contributed by atoms with Crippen molar-refractivity contribution in [3.05, 3.63) is 48.6 Å². The molecule has 1 amide bonds. The Morgan fingerprint density at radius 1 is 0.439 bits per heavy atom. The summed E-state index contributed by atoms with van der Waals surface area (Å²) in [5.74, 6) is -0.529. The van der Waals surface area contributed by atoms with Gasteiger partial charge in [0.2, 0.25) is 5.91 Å². The zero-order valence-corrected chi connectivity index (χ0v) is 44.1. The van der Waals surface area contributed by atoms with Gasteiger partial charge in [-0.1, -0.05) is 262 Å². The van der Waals surface area contributed by atoms with Crippen LogP contribution in [-0.2, 0) is 14.3 Å². The van der Waals surface area contributed by atoms with Crippen LogP contribution in [0.2, 0.25) is 0 Å². The van der Waals surface area contributed by atoms with Gasteiger partial charge in [0.15, 0.2) is 0 Å². The molecule has 0 heterocycles. The van der Waals surface area contributed by atoms with Gasteiger partial charge in [-0.15, -0.1) is 0 Å². The van der Waals surface area contributed by atoms with Crippen LogP contribution in [0.3, 0.4) is 0 Å². The van der Waals surface area contributed by atoms with Crippen LogP contribution in [0.5, 0.6) is 0 Å². The first kappa shape index (κ1) is 63.8. The summed E-state index contributed by atoms with van der Waals surface area (Å²) in [6, 6.07) is -0.719. The molecule has 3 N–H and O–H groups in total. The first-order chi connectivity index (χ1) is 32.5. The number of unbranched alkanes of at least 4 members (excludes halogenated alkanes) is 34. The van der Waals surface area contributed by atoms with Crippen LogP contribution >= 0.6 is 0 Å². The Morgan fingerprint density at radius 3 is 1.15 bits per heavy atom. The first-order valence-corrected chi connectivity index (χ1v) is 28.9. The van der Waals surface area contributed by atoms with Crippen molar-refractivity contribution in [1.82, 2.24) is 5.32 Å². The third-order valence-corrected chi connectivity index (χ3v) is 13.2. The molecule has 0 aromatic heterocycles. The minimum Gasteiger partial charge on any atom is -0.462 e. The molecule has 6 nitrogen and oxygen atoms in total. The van der Waals surface area contributed by atoms with Gasteiger partial charge in [-0.25, -0.2) is 0 Å². The molecule has 0 spiro atoms. The Labute approximate surface area is 410 Å². The van der Waals surface area contributed by atoms with E-state index in [-0.39, 0.29) is 24.9 Å². The second-order valence-corrected chi connectivity index (χ2v) is 19.7. The highest BCUT2D eigenvalue weighted by Gasteiger charge is 2.24. The largest absolute Gasteiger partial charge is 0.462 e. The number of nitrogens with one attached hydrogen (secondary N) is 1. The van der Waals surface area contributed by atoms with Crippen molar-refractivity contribution in [2.75, 3.05) is 6.61 Å². The van der Waals surface area contributed by atoms with E-state index in [4.69, 9.17) is 4.74 Å². The van der Waals surface area contributed by atoms with E-state index in [0.717, 1.165) is 77.0 Å². The second kappa shape index (κ2) is 53.8. The van der Waals surface area contributed by atoms with E-state index in [2.05, 4.69) is 74.7 Å². The van der Waals surface area contributed by atoms with Crippen molar-refractivity contribution in [2.45, 2.75) is 315 Å². The predicted molar refractivity (Wildman–Crippen MR) is 287 cm³/mol. The third kappa shape index (κ3) is 48.3. The molecule has 0 saturated carbocycles. The summed E-state index contributed by atoms with van der Waals surface area (Å²) in [7, 11) is 0. The smallest absolute Gasteiger partial charge is 0.306 e. The maximum Gasteiger partial charge on any atom is 0.306 e. The third-order valence-electron chi connectivity index (χ3n) is 13.2. The summed E-state index contributed by atoms with van der Waals surface area (Å²) in [5, 5.41) is 23.8. The fraction of sp³-hybridized carbons (Fsp3) is 0.833. The Morgan fingerprint density at radius 2 is 0.773 bits per heavy atom. The molecule has 0 aliphatic rings. The summed E-state index contributed by atoms with van der Waals surface area (Å²) >= 11 is 0. The van der Waals surface area contributed by atoms with Crippen LogP contribution in [0.4, 0.5) is 0 Å². The van der Waals surface area contributed by atoms with Gasteiger partial charge in [0.1, 0.15) is 6.10 Å². The second-order valence-electron chi connectivity index (χ2n) is 19.7. The van der Waals surface area contributed by atoms with Gasteiger partial charge in [-0.3, -0.25) is 9.59 Å². The number of aliphatic hydroxyl groups excluding tert-OH is 2. The highest BCUT2D eigenvalue weighted by Crippen LogP contribution is 2.17. The lowest BCUT2D eigenvalue weighted by molar-refractivity contribution is -0.151. The predicted octanol–water partition coefficient (Wildman–Crippen LogP) is 17.8. The van der Waals surface area contributed by atoms with Crippen LogP contribution in [0.1, 0.15) is 297 Å². The number of hydrogen-bond acceptors (Lipinski definition) is 5.